The Kier molecular flexibility index (Phi) is 4.53. The molecule has 1 fully saturated rings. The molecule has 0 bridgehead atoms. The van der Waals surface area contributed by atoms with Crippen molar-refractivity contribution in [3.63, 3.8) is 0 Å². The highest BCUT2D eigenvalue weighted by atomic mass is 16.5. The Balaban J connectivity index is 2.48. The van der Waals surface area contributed by atoms with Gasteiger partial charge in [-0.05, 0) is 24.7 Å². The number of rotatable bonds is 3. The molecule has 0 saturated carbocycles. The van der Waals surface area contributed by atoms with Crippen LogP contribution >= 0.6 is 0 Å². The summed E-state index contributed by atoms with van der Waals surface area (Å²) in [6, 6.07) is 2.17. The molecule has 0 aliphatic carbocycles. The van der Waals surface area contributed by atoms with Crippen LogP contribution in [0.2, 0.25) is 0 Å². The maximum Gasteiger partial charge on any atom is 0.240 e. The van der Waals surface area contributed by atoms with Crippen LogP contribution in [0, 0.1) is 22.2 Å². The predicted molar refractivity (Wildman–Crippen MR) is 65.2 cm³/mol. The fraction of sp³-hybridized carbons (Fsp3) is 0.846. The molecule has 1 saturated heterocycles. The van der Waals surface area contributed by atoms with Crippen molar-refractivity contribution in [1.82, 2.24) is 5.32 Å². The molecule has 96 valence electrons. The number of amides is 1. The van der Waals surface area contributed by atoms with Crippen molar-refractivity contribution in [2.24, 2.45) is 10.8 Å². The Morgan fingerprint density at radius 3 is 2.47 bits per heavy atom. The van der Waals surface area contributed by atoms with Gasteiger partial charge >= 0.3 is 0 Å². The summed E-state index contributed by atoms with van der Waals surface area (Å²) in [4.78, 5) is 12.0. The summed E-state index contributed by atoms with van der Waals surface area (Å²) in [6.07, 6.45) is 1.92. The smallest absolute Gasteiger partial charge is 0.240 e. The van der Waals surface area contributed by atoms with Gasteiger partial charge in [0.25, 0.3) is 0 Å². The largest absolute Gasteiger partial charge is 0.381 e. The van der Waals surface area contributed by atoms with Gasteiger partial charge in [0.2, 0.25) is 5.91 Å². The Labute approximate surface area is 103 Å². The van der Waals surface area contributed by atoms with E-state index in [4.69, 9.17) is 4.74 Å². The van der Waals surface area contributed by atoms with Gasteiger partial charge in [-0.2, -0.15) is 5.26 Å². The van der Waals surface area contributed by atoms with Gasteiger partial charge in [0, 0.05) is 19.8 Å². The fourth-order valence-corrected chi connectivity index (χ4v) is 1.83. The summed E-state index contributed by atoms with van der Waals surface area (Å²) in [5.74, 6) is -0.132. The molecule has 1 heterocycles. The van der Waals surface area contributed by atoms with Crippen molar-refractivity contribution < 1.29 is 9.53 Å². The zero-order valence-corrected chi connectivity index (χ0v) is 11.0. The van der Waals surface area contributed by atoms with Crippen molar-refractivity contribution in [1.29, 1.82) is 5.26 Å². The van der Waals surface area contributed by atoms with Gasteiger partial charge in [-0.25, -0.2) is 0 Å². The highest BCUT2D eigenvalue weighted by Crippen LogP contribution is 2.30. The number of ether oxygens (including phenoxy) is 1. The van der Waals surface area contributed by atoms with Crippen LogP contribution in [0.15, 0.2) is 0 Å². The van der Waals surface area contributed by atoms with E-state index in [1.54, 1.807) is 0 Å². The summed E-state index contributed by atoms with van der Waals surface area (Å²) < 4.78 is 5.20. The van der Waals surface area contributed by atoms with Crippen LogP contribution in [0.3, 0.4) is 0 Å². The average Bonchev–Trinajstić information content (AvgIpc) is 2.28. The van der Waals surface area contributed by atoms with Crippen molar-refractivity contribution in [3.05, 3.63) is 0 Å². The molecule has 0 radical (unpaired) electrons. The summed E-state index contributed by atoms with van der Waals surface area (Å²) in [5.41, 5.74) is -0.668. The zero-order chi connectivity index (χ0) is 12.9. The van der Waals surface area contributed by atoms with Crippen molar-refractivity contribution in [3.8, 4) is 6.07 Å². The topological polar surface area (TPSA) is 62.1 Å². The van der Waals surface area contributed by atoms with E-state index in [2.05, 4.69) is 32.2 Å². The van der Waals surface area contributed by atoms with E-state index in [1.165, 1.54) is 0 Å². The number of carbonyl (C=O) groups is 1. The van der Waals surface area contributed by atoms with Gasteiger partial charge < -0.3 is 10.1 Å². The first-order valence-electron chi connectivity index (χ1n) is 6.17. The van der Waals surface area contributed by atoms with E-state index in [-0.39, 0.29) is 11.3 Å². The van der Waals surface area contributed by atoms with Crippen LogP contribution in [-0.4, -0.2) is 25.7 Å². The first-order valence-corrected chi connectivity index (χ1v) is 6.17. The van der Waals surface area contributed by atoms with Gasteiger partial charge in [-0.3, -0.25) is 4.79 Å². The molecule has 1 rings (SSSR count). The van der Waals surface area contributed by atoms with E-state index in [0.717, 1.165) is 6.42 Å². The maximum absolute atomic E-state index is 12.0. The second kappa shape index (κ2) is 5.50. The Bertz CT molecular complexity index is 306. The number of hydrogen-bond acceptors (Lipinski definition) is 3. The van der Waals surface area contributed by atoms with Crippen LogP contribution < -0.4 is 5.32 Å². The zero-order valence-electron chi connectivity index (χ0n) is 11.0. The Morgan fingerprint density at radius 1 is 1.41 bits per heavy atom. The van der Waals surface area contributed by atoms with E-state index in [1.807, 2.05) is 0 Å². The summed E-state index contributed by atoms with van der Waals surface area (Å²) >= 11 is 0. The molecule has 0 spiro atoms. The van der Waals surface area contributed by atoms with E-state index < -0.39 is 5.41 Å². The third kappa shape index (κ3) is 4.01. The molecule has 1 amide bonds. The lowest BCUT2D eigenvalue weighted by Crippen LogP contribution is -2.44. The molecular weight excluding hydrogens is 216 g/mol. The van der Waals surface area contributed by atoms with Crippen molar-refractivity contribution >= 4 is 5.91 Å². The molecule has 0 aromatic rings. The number of hydrogen-bond donors (Lipinski definition) is 1. The standard InChI is InChI=1S/C13H22N2O2/c1-12(2,3)4-7-15-11(16)13(10-14)5-8-17-9-6-13/h4-9H2,1-3H3,(H,15,16). The van der Waals surface area contributed by atoms with Gasteiger partial charge in [0.05, 0.1) is 6.07 Å². The second-order valence-corrected chi connectivity index (χ2v) is 5.87. The average molecular weight is 238 g/mol. The summed E-state index contributed by atoms with van der Waals surface area (Å²) in [6.45, 7) is 8.03. The van der Waals surface area contributed by atoms with Crippen LogP contribution in [0.1, 0.15) is 40.0 Å². The van der Waals surface area contributed by atoms with Gasteiger partial charge in [0.15, 0.2) is 0 Å². The molecule has 0 unspecified atom stereocenters. The molecule has 4 heteroatoms. The first kappa shape index (κ1) is 14.0. The minimum absolute atomic E-state index is 0.132. The number of nitrogens with zero attached hydrogens (tertiary/aromatic N) is 1. The SMILES string of the molecule is CC(C)(C)CCNC(=O)C1(C#N)CCOCC1. The minimum atomic E-state index is -0.865. The third-order valence-electron chi connectivity index (χ3n) is 3.16. The fourth-order valence-electron chi connectivity index (χ4n) is 1.83. The Morgan fingerprint density at radius 2 is 2.00 bits per heavy atom. The monoisotopic (exact) mass is 238 g/mol. The van der Waals surface area contributed by atoms with E-state index >= 15 is 0 Å². The molecule has 17 heavy (non-hydrogen) atoms. The molecular formula is C13H22N2O2. The molecule has 4 nitrogen and oxygen atoms in total. The van der Waals surface area contributed by atoms with Crippen LogP contribution in [0.5, 0.6) is 0 Å². The highest BCUT2D eigenvalue weighted by molar-refractivity contribution is 5.85. The van der Waals surface area contributed by atoms with Crippen LogP contribution in [0.4, 0.5) is 0 Å². The first-order chi connectivity index (χ1) is 7.90. The molecule has 1 aliphatic rings. The van der Waals surface area contributed by atoms with Crippen LogP contribution in [0.25, 0.3) is 0 Å². The summed E-state index contributed by atoms with van der Waals surface area (Å²) in [7, 11) is 0. The van der Waals surface area contributed by atoms with Crippen molar-refractivity contribution in [2.75, 3.05) is 19.8 Å². The molecule has 1 N–H and O–H groups in total. The third-order valence-corrected chi connectivity index (χ3v) is 3.16. The maximum atomic E-state index is 12.0. The van der Waals surface area contributed by atoms with Crippen LogP contribution in [-0.2, 0) is 9.53 Å². The Hall–Kier alpha value is -1.08. The molecule has 0 aromatic carbocycles. The molecule has 1 aliphatic heterocycles. The normalized spacial score (nSPS) is 19.4. The van der Waals surface area contributed by atoms with Gasteiger partial charge in [-0.15, -0.1) is 0 Å². The lowest BCUT2D eigenvalue weighted by molar-refractivity contribution is -0.132. The highest BCUT2D eigenvalue weighted by Gasteiger charge is 2.40. The quantitative estimate of drug-likeness (QED) is 0.816. The number of nitriles is 1. The minimum Gasteiger partial charge on any atom is -0.381 e. The lowest BCUT2D eigenvalue weighted by Gasteiger charge is -2.29. The van der Waals surface area contributed by atoms with Gasteiger partial charge in [-0.1, -0.05) is 20.8 Å². The number of carbonyl (C=O) groups excluding carboxylic acids is 1. The predicted octanol–water partition coefficient (Wildman–Crippen LogP) is 1.86. The van der Waals surface area contributed by atoms with E-state index in [9.17, 15) is 10.1 Å². The lowest BCUT2D eigenvalue weighted by atomic mass is 9.80. The van der Waals surface area contributed by atoms with Crippen molar-refractivity contribution in [2.45, 2.75) is 40.0 Å². The number of nitrogens with one attached hydrogen (secondary N) is 1. The van der Waals surface area contributed by atoms with Gasteiger partial charge in [0.1, 0.15) is 5.41 Å². The second-order valence-electron chi connectivity index (χ2n) is 5.87. The molecule has 0 atom stereocenters. The summed E-state index contributed by atoms with van der Waals surface area (Å²) in [5, 5.41) is 12.1. The molecule has 0 aromatic heterocycles. The van der Waals surface area contributed by atoms with E-state index in [0.29, 0.717) is 32.6 Å².